The summed E-state index contributed by atoms with van der Waals surface area (Å²) in [5.41, 5.74) is 8.55. The van der Waals surface area contributed by atoms with Crippen molar-refractivity contribution >= 4 is 0 Å². The summed E-state index contributed by atoms with van der Waals surface area (Å²) >= 11 is 0. The number of ether oxygens (including phenoxy) is 1. The van der Waals surface area contributed by atoms with Crippen LogP contribution in [0.5, 0.6) is 11.5 Å². The molecule has 1 heterocycles. The number of hydrogen-bond acceptors (Lipinski definition) is 2. The van der Waals surface area contributed by atoms with Gasteiger partial charge in [0.25, 0.3) is 0 Å². The number of allylic oxidation sites excluding steroid dienone is 6. The first-order valence-corrected chi connectivity index (χ1v) is 12.6. The van der Waals surface area contributed by atoms with Crippen molar-refractivity contribution in [3.63, 3.8) is 0 Å². The highest BCUT2D eigenvalue weighted by Crippen LogP contribution is 2.44. The topological polar surface area (TPSA) is 29.5 Å². The van der Waals surface area contributed by atoms with Gasteiger partial charge in [-0.2, -0.15) is 0 Å². The molecule has 2 heteroatoms. The smallest absolute Gasteiger partial charge is 0.127 e. The third kappa shape index (κ3) is 7.02. The quantitative estimate of drug-likeness (QED) is 0.369. The summed E-state index contributed by atoms with van der Waals surface area (Å²) in [4.78, 5) is 0. The van der Waals surface area contributed by atoms with Crippen LogP contribution in [0.15, 0.2) is 34.9 Å². The molecule has 1 N–H and O–H groups in total. The van der Waals surface area contributed by atoms with Crippen LogP contribution in [0.4, 0.5) is 0 Å². The number of phenols is 1. The second-order valence-electron chi connectivity index (χ2n) is 10.2. The van der Waals surface area contributed by atoms with E-state index in [0.29, 0.717) is 5.75 Å². The number of phenolic OH excluding ortho intramolecular Hbond substituents is 1. The molecule has 2 rings (SSSR count). The molecule has 0 aliphatic carbocycles. The summed E-state index contributed by atoms with van der Waals surface area (Å²) in [7, 11) is 0. The SMILES string of the molecule is CCC(C)=CCCC(C)=CCCC(C)=CCC[C@]1(C)CCc2c(C)c(O)c(C)c(C)c2O1. The van der Waals surface area contributed by atoms with Gasteiger partial charge in [0.2, 0.25) is 0 Å². The van der Waals surface area contributed by atoms with Gasteiger partial charge in [0.15, 0.2) is 0 Å². The van der Waals surface area contributed by atoms with Crippen molar-refractivity contribution in [1.29, 1.82) is 0 Å². The van der Waals surface area contributed by atoms with E-state index in [-0.39, 0.29) is 5.60 Å². The van der Waals surface area contributed by atoms with Crippen LogP contribution in [0, 0.1) is 20.8 Å². The minimum Gasteiger partial charge on any atom is -0.507 e. The lowest BCUT2D eigenvalue weighted by Crippen LogP contribution is -2.37. The van der Waals surface area contributed by atoms with Gasteiger partial charge in [0.05, 0.1) is 0 Å². The van der Waals surface area contributed by atoms with Gasteiger partial charge in [-0.25, -0.2) is 0 Å². The Labute approximate surface area is 197 Å². The van der Waals surface area contributed by atoms with Crippen molar-refractivity contribution in [3.05, 3.63) is 57.2 Å². The Morgan fingerprint density at radius 1 is 0.875 bits per heavy atom. The first-order chi connectivity index (χ1) is 15.1. The minimum atomic E-state index is -0.134. The summed E-state index contributed by atoms with van der Waals surface area (Å²) in [6.07, 6.45) is 17.0. The fourth-order valence-corrected chi connectivity index (χ4v) is 4.54. The summed E-state index contributed by atoms with van der Waals surface area (Å²) in [5, 5.41) is 10.4. The molecule has 2 nitrogen and oxygen atoms in total. The molecular formula is C30H46O2. The molecule has 0 radical (unpaired) electrons. The Morgan fingerprint density at radius 2 is 1.44 bits per heavy atom. The molecule has 1 aliphatic rings. The molecule has 0 amide bonds. The fraction of sp³-hybridized carbons (Fsp3) is 0.600. The Balaban J connectivity index is 1.86. The van der Waals surface area contributed by atoms with Crippen LogP contribution < -0.4 is 4.74 Å². The normalized spacial score (nSPS) is 19.7. The number of benzene rings is 1. The second kappa shape index (κ2) is 11.8. The second-order valence-corrected chi connectivity index (χ2v) is 10.2. The van der Waals surface area contributed by atoms with E-state index in [4.69, 9.17) is 4.74 Å². The van der Waals surface area contributed by atoms with Gasteiger partial charge in [-0.3, -0.25) is 0 Å². The molecule has 0 saturated heterocycles. The summed E-state index contributed by atoms with van der Waals surface area (Å²) in [6.45, 7) is 17.3. The van der Waals surface area contributed by atoms with Crippen molar-refractivity contribution in [2.75, 3.05) is 0 Å². The predicted molar refractivity (Wildman–Crippen MR) is 139 cm³/mol. The Kier molecular flexibility index (Phi) is 9.67. The number of hydrogen-bond donors (Lipinski definition) is 1. The van der Waals surface area contributed by atoms with Crippen LogP contribution in [0.3, 0.4) is 0 Å². The molecule has 0 bridgehead atoms. The largest absolute Gasteiger partial charge is 0.507 e. The van der Waals surface area contributed by atoms with Crippen LogP contribution in [0.1, 0.15) is 108 Å². The maximum Gasteiger partial charge on any atom is 0.127 e. The van der Waals surface area contributed by atoms with Crippen LogP contribution in [-0.2, 0) is 6.42 Å². The minimum absolute atomic E-state index is 0.134. The molecule has 0 fully saturated rings. The van der Waals surface area contributed by atoms with Gasteiger partial charge in [-0.1, -0.05) is 41.9 Å². The molecule has 0 aromatic heterocycles. The van der Waals surface area contributed by atoms with Crippen molar-refractivity contribution in [2.24, 2.45) is 0 Å². The maximum atomic E-state index is 10.4. The van der Waals surface area contributed by atoms with Crippen LogP contribution in [-0.4, -0.2) is 10.7 Å². The van der Waals surface area contributed by atoms with Crippen molar-refractivity contribution < 1.29 is 9.84 Å². The molecule has 0 saturated carbocycles. The van der Waals surface area contributed by atoms with Gasteiger partial charge in [0, 0.05) is 5.56 Å². The number of fused-ring (bicyclic) bond motifs is 1. The van der Waals surface area contributed by atoms with E-state index in [2.05, 4.69) is 59.8 Å². The van der Waals surface area contributed by atoms with Gasteiger partial charge in [-0.05, 0) is 123 Å². The standard InChI is InChI=1S/C30H46O2/c1-9-21(2)13-10-14-22(3)15-11-16-23(4)17-12-19-30(8)20-18-27-26(7)28(31)24(5)25(6)29(27)32-30/h13,15,17,31H,9-12,14,16,18-20H2,1-8H3/t30-/m1/s1. The molecule has 1 aromatic rings. The monoisotopic (exact) mass is 438 g/mol. The highest BCUT2D eigenvalue weighted by atomic mass is 16.5. The lowest BCUT2D eigenvalue weighted by Gasteiger charge is -2.38. The summed E-state index contributed by atoms with van der Waals surface area (Å²) in [5.74, 6) is 1.45. The lowest BCUT2D eigenvalue weighted by atomic mass is 9.85. The van der Waals surface area contributed by atoms with E-state index in [9.17, 15) is 5.11 Å². The van der Waals surface area contributed by atoms with E-state index in [1.54, 1.807) is 0 Å². The Bertz CT molecular complexity index is 885. The highest BCUT2D eigenvalue weighted by molar-refractivity contribution is 5.58. The molecule has 1 atom stereocenters. The molecule has 1 aromatic carbocycles. The number of rotatable bonds is 10. The predicted octanol–water partition coefficient (Wildman–Crippen LogP) is 8.99. The first kappa shape index (κ1) is 26.3. The highest BCUT2D eigenvalue weighted by Gasteiger charge is 2.33. The van der Waals surface area contributed by atoms with Gasteiger partial charge < -0.3 is 9.84 Å². The fourth-order valence-electron chi connectivity index (χ4n) is 4.54. The number of aromatic hydroxyl groups is 1. The zero-order valence-electron chi connectivity index (χ0n) is 22.0. The molecular weight excluding hydrogens is 392 g/mol. The first-order valence-electron chi connectivity index (χ1n) is 12.6. The third-order valence-electron chi connectivity index (χ3n) is 7.38. The third-order valence-corrected chi connectivity index (χ3v) is 7.38. The van der Waals surface area contributed by atoms with Gasteiger partial charge in [-0.15, -0.1) is 0 Å². The average Bonchev–Trinajstić information content (AvgIpc) is 2.75. The molecule has 0 unspecified atom stereocenters. The Morgan fingerprint density at radius 3 is 2.03 bits per heavy atom. The molecule has 0 spiro atoms. The van der Waals surface area contributed by atoms with Crippen molar-refractivity contribution in [2.45, 2.75) is 119 Å². The van der Waals surface area contributed by atoms with E-state index in [1.165, 1.54) is 28.7 Å². The van der Waals surface area contributed by atoms with Crippen LogP contribution >= 0.6 is 0 Å². The van der Waals surface area contributed by atoms with Crippen LogP contribution in [0.2, 0.25) is 0 Å². The van der Waals surface area contributed by atoms with E-state index < -0.39 is 0 Å². The van der Waals surface area contributed by atoms with E-state index >= 15 is 0 Å². The van der Waals surface area contributed by atoms with Gasteiger partial charge >= 0.3 is 0 Å². The zero-order chi connectivity index (χ0) is 23.9. The maximum absolute atomic E-state index is 10.4. The van der Waals surface area contributed by atoms with E-state index in [1.807, 2.05) is 13.8 Å². The zero-order valence-corrected chi connectivity index (χ0v) is 22.0. The van der Waals surface area contributed by atoms with Crippen molar-refractivity contribution in [3.8, 4) is 11.5 Å². The van der Waals surface area contributed by atoms with E-state index in [0.717, 1.165) is 73.8 Å². The molecule has 1 aliphatic heterocycles. The Hall–Kier alpha value is -1.96. The van der Waals surface area contributed by atoms with Crippen molar-refractivity contribution in [1.82, 2.24) is 0 Å². The average molecular weight is 439 g/mol. The van der Waals surface area contributed by atoms with Crippen LogP contribution in [0.25, 0.3) is 0 Å². The molecule has 178 valence electrons. The van der Waals surface area contributed by atoms with Gasteiger partial charge in [0.1, 0.15) is 17.1 Å². The summed E-state index contributed by atoms with van der Waals surface area (Å²) in [6, 6.07) is 0. The lowest BCUT2D eigenvalue weighted by molar-refractivity contribution is 0.0558. The summed E-state index contributed by atoms with van der Waals surface area (Å²) < 4.78 is 6.57. The molecule has 32 heavy (non-hydrogen) atoms.